The van der Waals surface area contributed by atoms with Crippen molar-refractivity contribution in [3.8, 4) is 0 Å². The molecule has 0 aliphatic carbocycles. The van der Waals surface area contributed by atoms with Gasteiger partial charge in [0.05, 0.1) is 18.5 Å². The van der Waals surface area contributed by atoms with Crippen LogP contribution in [0.2, 0.25) is 5.02 Å². The second kappa shape index (κ2) is 11.1. The highest BCUT2D eigenvalue weighted by molar-refractivity contribution is 6.30. The summed E-state index contributed by atoms with van der Waals surface area (Å²) < 4.78 is 1.43. The van der Waals surface area contributed by atoms with E-state index in [-0.39, 0.29) is 23.9 Å². The third kappa shape index (κ3) is 6.71. The Morgan fingerprint density at radius 2 is 1.83 bits per heavy atom. The van der Waals surface area contributed by atoms with E-state index in [1.165, 1.54) is 17.0 Å². The molecular weight excluding hydrogens is 464 g/mol. The summed E-state index contributed by atoms with van der Waals surface area (Å²) in [4.78, 5) is 31.6. The van der Waals surface area contributed by atoms with Crippen molar-refractivity contribution in [3.05, 3.63) is 93.5 Å². The molecule has 2 aromatic carbocycles. The van der Waals surface area contributed by atoms with E-state index in [1.54, 1.807) is 0 Å². The van der Waals surface area contributed by atoms with Gasteiger partial charge in [0.2, 0.25) is 5.91 Å². The van der Waals surface area contributed by atoms with E-state index >= 15 is 0 Å². The highest BCUT2D eigenvalue weighted by atomic mass is 35.5. The summed E-state index contributed by atoms with van der Waals surface area (Å²) in [5, 5.41) is 14.9. The monoisotopic (exact) mass is 494 g/mol. The van der Waals surface area contributed by atoms with Gasteiger partial charge in [0, 0.05) is 37.1 Å². The number of rotatable bonds is 8. The molecule has 1 amide bonds. The molecule has 1 fully saturated rings. The number of carbonyl (C=O) groups is 1. The molecule has 0 spiro atoms. The fourth-order valence-corrected chi connectivity index (χ4v) is 4.50. The molecule has 1 aliphatic rings. The van der Waals surface area contributed by atoms with Crippen molar-refractivity contribution in [1.82, 2.24) is 14.5 Å². The maximum Gasteiger partial charge on any atom is 0.255 e. The SMILES string of the molecule is CC(CC(=O)N1CCC(O)(Cn2cnc(NCc3ccc(Cl)cc3)cc2=O)CC1)c1ccccc1. The number of nitrogens with one attached hydrogen (secondary N) is 1. The number of aromatic nitrogens is 2. The van der Waals surface area contributed by atoms with Crippen LogP contribution in [-0.2, 0) is 17.9 Å². The number of aliphatic hydroxyl groups is 1. The van der Waals surface area contributed by atoms with Crippen molar-refractivity contribution in [2.45, 2.75) is 50.8 Å². The Balaban J connectivity index is 1.29. The zero-order chi connectivity index (χ0) is 24.8. The number of hydrogen-bond donors (Lipinski definition) is 2. The van der Waals surface area contributed by atoms with Gasteiger partial charge in [0.15, 0.2) is 0 Å². The summed E-state index contributed by atoms with van der Waals surface area (Å²) in [6.07, 6.45) is 2.74. The summed E-state index contributed by atoms with van der Waals surface area (Å²) in [6, 6.07) is 18.9. The average molecular weight is 495 g/mol. The maximum absolute atomic E-state index is 12.8. The number of amides is 1. The zero-order valence-electron chi connectivity index (χ0n) is 19.9. The lowest BCUT2D eigenvalue weighted by Gasteiger charge is -2.38. The molecule has 1 unspecified atom stereocenters. The molecule has 35 heavy (non-hydrogen) atoms. The third-order valence-corrected chi connectivity index (χ3v) is 6.88. The Kier molecular flexibility index (Phi) is 7.88. The summed E-state index contributed by atoms with van der Waals surface area (Å²) in [6.45, 7) is 3.67. The number of piperidine rings is 1. The van der Waals surface area contributed by atoms with Crippen molar-refractivity contribution in [1.29, 1.82) is 0 Å². The minimum absolute atomic E-state index is 0.0957. The first-order valence-corrected chi connectivity index (χ1v) is 12.3. The lowest BCUT2D eigenvalue weighted by Crippen LogP contribution is -2.49. The average Bonchev–Trinajstić information content (AvgIpc) is 2.86. The minimum atomic E-state index is -1.05. The summed E-state index contributed by atoms with van der Waals surface area (Å²) in [7, 11) is 0. The van der Waals surface area contributed by atoms with E-state index in [0.29, 0.717) is 49.7 Å². The number of nitrogens with zero attached hydrogens (tertiary/aromatic N) is 3. The molecule has 8 heteroatoms. The Labute approximate surface area is 210 Å². The maximum atomic E-state index is 12.8. The lowest BCUT2D eigenvalue weighted by molar-refractivity contribution is -0.136. The molecule has 1 atom stereocenters. The normalized spacial score (nSPS) is 16.0. The molecule has 7 nitrogen and oxygen atoms in total. The summed E-state index contributed by atoms with van der Waals surface area (Å²) >= 11 is 5.91. The minimum Gasteiger partial charge on any atom is -0.388 e. The van der Waals surface area contributed by atoms with Crippen molar-refractivity contribution in [2.24, 2.45) is 0 Å². The summed E-state index contributed by atoms with van der Waals surface area (Å²) in [5.74, 6) is 0.709. The molecule has 0 radical (unpaired) electrons. The highest BCUT2D eigenvalue weighted by Gasteiger charge is 2.34. The van der Waals surface area contributed by atoms with Crippen molar-refractivity contribution < 1.29 is 9.90 Å². The van der Waals surface area contributed by atoms with E-state index in [4.69, 9.17) is 11.6 Å². The summed E-state index contributed by atoms with van der Waals surface area (Å²) in [5.41, 5.74) is 0.884. The van der Waals surface area contributed by atoms with Gasteiger partial charge in [-0.1, -0.05) is 61.0 Å². The van der Waals surface area contributed by atoms with Crippen LogP contribution >= 0.6 is 11.6 Å². The van der Waals surface area contributed by atoms with Gasteiger partial charge in [-0.15, -0.1) is 0 Å². The number of benzene rings is 2. The first kappa shape index (κ1) is 24.9. The highest BCUT2D eigenvalue weighted by Crippen LogP contribution is 2.26. The van der Waals surface area contributed by atoms with Crippen LogP contribution in [0.3, 0.4) is 0 Å². The van der Waals surface area contributed by atoms with Crippen LogP contribution in [0.4, 0.5) is 5.82 Å². The van der Waals surface area contributed by atoms with Crippen LogP contribution in [-0.4, -0.2) is 44.2 Å². The molecule has 2 heterocycles. The van der Waals surface area contributed by atoms with Gasteiger partial charge in [-0.05, 0) is 42.0 Å². The standard InChI is InChI=1S/C27H31ClN4O3/c1-20(22-5-3-2-4-6-22)15-25(33)31-13-11-27(35,12-14-31)18-32-19-30-24(16-26(32)34)29-17-21-7-9-23(28)10-8-21/h2-10,16,19-20,29,35H,11-15,17-18H2,1H3. The van der Waals surface area contributed by atoms with Crippen LogP contribution in [0.25, 0.3) is 0 Å². The largest absolute Gasteiger partial charge is 0.388 e. The van der Waals surface area contributed by atoms with Crippen LogP contribution in [0.15, 0.2) is 71.8 Å². The predicted octanol–water partition coefficient (Wildman–Crippen LogP) is 4.06. The molecule has 3 aromatic rings. The molecule has 1 saturated heterocycles. The van der Waals surface area contributed by atoms with Gasteiger partial charge in [-0.25, -0.2) is 4.98 Å². The lowest BCUT2D eigenvalue weighted by atomic mass is 9.90. The van der Waals surface area contributed by atoms with Crippen molar-refractivity contribution >= 4 is 23.3 Å². The number of halogens is 1. The second-order valence-corrected chi connectivity index (χ2v) is 9.78. The fraction of sp³-hybridized carbons (Fsp3) is 0.370. The van der Waals surface area contributed by atoms with Gasteiger partial charge in [-0.3, -0.25) is 14.2 Å². The van der Waals surface area contributed by atoms with Gasteiger partial charge < -0.3 is 15.3 Å². The predicted molar refractivity (Wildman–Crippen MR) is 138 cm³/mol. The van der Waals surface area contributed by atoms with Gasteiger partial charge in [0.25, 0.3) is 5.56 Å². The third-order valence-electron chi connectivity index (χ3n) is 6.63. The van der Waals surface area contributed by atoms with Crippen molar-refractivity contribution in [3.63, 3.8) is 0 Å². The second-order valence-electron chi connectivity index (χ2n) is 9.34. The van der Waals surface area contributed by atoms with E-state index in [2.05, 4.69) is 17.2 Å². The molecule has 1 aromatic heterocycles. The fourth-order valence-electron chi connectivity index (χ4n) is 4.37. The van der Waals surface area contributed by atoms with Gasteiger partial charge >= 0.3 is 0 Å². The molecule has 184 valence electrons. The Morgan fingerprint density at radius 3 is 2.49 bits per heavy atom. The van der Waals surface area contributed by atoms with E-state index < -0.39 is 5.60 Å². The zero-order valence-corrected chi connectivity index (χ0v) is 20.6. The first-order valence-electron chi connectivity index (χ1n) is 11.9. The van der Waals surface area contributed by atoms with Crippen molar-refractivity contribution in [2.75, 3.05) is 18.4 Å². The number of hydrogen-bond acceptors (Lipinski definition) is 5. The van der Waals surface area contributed by atoms with Crippen LogP contribution < -0.4 is 10.9 Å². The first-order chi connectivity index (χ1) is 16.8. The topological polar surface area (TPSA) is 87.5 Å². The number of carbonyl (C=O) groups excluding carboxylic acids is 1. The van der Waals surface area contributed by atoms with Gasteiger partial charge in [-0.2, -0.15) is 0 Å². The van der Waals surface area contributed by atoms with E-state index in [0.717, 1.165) is 11.1 Å². The molecule has 2 N–H and O–H groups in total. The Bertz CT molecular complexity index is 1190. The molecule has 4 rings (SSSR count). The quantitative estimate of drug-likeness (QED) is 0.493. The molecular formula is C27H31ClN4O3. The number of likely N-dealkylation sites (tertiary alicyclic amines) is 1. The number of anilines is 1. The Hall–Kier alpha value is -3.16. The molecule has 0 bridgehead atoms. The smallest absolute Gasteiger partial charge is 0.255 e. The van der Waals surface area contributed by atoms with E-state index in [1.807, 2.05) is 59.5 Å². The molecule has 1 aliphatic heterocycles. The van der Waals surface area contributed by atoms with Crippen LogP contribution in [0.1, 0.15) is 43.2 Å². The van der Waals surface area contributed by atoms with Crippen LogP contribution in [0.5, 0.6) is 0 Å². The Morgan fingerprint density at radius 1 is 1.14 bits per heavy atom. The molecule has 0 saturated carbocycles. The van der Waals surface area contributed by atoms with E-state index in [9.17, 15) is 14.7 Å². The van der Waals surface area contributed by atoms with Gasteiger partial charge in [0.1, 0.15) is 5.82 Å². The van der Waals surface area contributed by atoms with Crippen LogP contribution in [0, 0.1) is 0 Å².